The van der Waals surface area contributed by atoms with Crippen molar-refractivity contribution in [1.29, 1.82) is 0 Å². The normalized spacial score (nSPS) is 17.7. The molecule has 1 aromatic carbocycles. The molecule has 1 aliphatic rings. The van der Waals surface area contributed by atoms with Crippen molar-refractivity contribution in [1.82, 2.24) is 29.3 Å². The smallest absolute Gasteiger partial charge is 0.252 e. The van der Waals surface area contributed by atoms with Gasteiger partial charge in [0, 0.05) is 43.4 Å². The number of nitrogens with zero attached hydrogens (tertiary/aromatic N) is 7. The van der Waals surface area contributed by atoms with Crippen LogP contribution in [0.5, 0.6) is 0 Å². The molecule has 1 atom stereocenters. The Morgan fingerprint density at radius 2 is 1.94 bits per heavy atom. The van der Waals surface area contributed by atoms with E-state index in [-0.39, 0.29) is 17.5 Å². The summed E-state index contributed by atoms with van der Waals surface area (Å²) in [6.45, 7) is 6.89. The summed E-state index contributed by atoms with van der Waals surface area (Å²) in [6.07, 6.45) is 4.94. The number of aryl methyl sites for hydroxylation is 1. The Hall–Kier alpha value is -4.28. The van der Waals surface area contributed by atoms with E-state index in [1.54, 1.807) is 48.3 Å². The first-order chi connectivity index (χ1) is 17.0. The maximum absolute atomic E-state index is 15.2. The van der Waals surface area contributed by atoms with Gasteiger partial charge in [0.05, 0.1) is 23.6 Å². The Labute approximate surface area is 207 Å². The second-order valence-corrected chi connectivity index (χ2v) is 9.63. The molecule has 36 heavy (non-hydrogen) atoms. The molecule has 0 radical (unpaired) electrons. The molecule has 2 N–H and O–H groups in total. The third-order valence-corrected chi connectivity index (χ3v) is 6.78. The Kier molecular flexibility index (Phi) is 5.31. The molecule has 4 aromatic rings. The van der Waals surface area contributed by atoms with Gasteiger partial charge in [-0.15, -0.1) is 0 Å². The molecule has 0 bridgehead atoms. The van der Waals surface area contributed by atoms with Gasteiger partial charge < -0.3 is 15.5 Å². The van der Waals surface area contributed by atoms with Crippen molar-refractivity contribution in [3.63, 3.8) is 0 Å². The SMILES string of the molecule is CC(=O)N1CC(C)N(c2cc(-c3cc(-c4cnn(C)c4)c4c(N)ncnn34)ccc2F)C(=O)C1(C)C. The minimum Gasteiger partial charge on any atom is -0.382 e. The van der Waals surface area contributed by atoms with E-state index in [9.17, 15) is 9.59 Å². The lowest BCUT2D eigenvalue weighted by atomic mass is 9.93. The molecule has 0 saturated carbocycles. The van der Waals surface area contributed by atoms with Gasteiger partial charge >= 0.3 is 0 Å². The summed E-state index contributed by atoms with van der Waals surface area (Å²) in [6, 6.07) is 6.08. The second kappa shape index (κ2) is 8.14. The summed E-state index contributed by atoms with van der Waals surface area (Å²) < 4.78 is 18.6. The van der Waals surface area contributed by atoms with E-state index in [2.05, 4.69) is 15.2 Å². The first kappa shape index (κ1) is 23.5. The molecule has 1 fully saturated rings. The van der Waals surface area contributed by atoms with Gasteiger partial charge in [-0.1, -0.05) is 0 Å². The number of anilines is 2. The fourth-order valence-electron chi connectivity index (χ4n) is 4.96. The molecule has 1 unspecified atom stereocenters. The molecule has 11 heteroatoms. The highest BCUT2D eigenvalue weighted by Gasteiger charge is 2.47. The van der Waals surface area contributed by atoms with Crippen molar-refractivity contribution in [2.75, 3.05) is 17.2 Å². The van der Waals surface area contributed by atoms with Crippen molar-refractivity contribution in [2.45, 2.75) is 39.3 Å². The fraction of sp³-hybridized carbons (Fsp3) is 0.320. The average Bonchev–Trinajstić information content (AvgIpc) is 3.42. The van der Waals surface area contributed by atoms with Gasteiger partial charge in [-0.3, -0.25) is 14.3 Å². The molecule has 1 saturated heterocycles. The number of hydrogen-bond acceptors (Lipinski definition) is 6. The number of aromatic nitrogens is 5. The van der Waals surface area contributed by atoms with Crippen LogP contribution in [0.1, 0.15) is 27.7 Å². The van der Waals surface area contributed by atoms with E-state index in [0.717, 1.165) is 11.1 Å². The number of amides is 2. The van der Waals surface area contributed by atoms with Crippen LogP contribution in [0.25, 0.3) is 27.9 Å². The van der Waals surface area contributed by atoms with Gasteiger partial charge in [0.15, 0.2) is 5.82 Å². The number of fused-ring (bicyclic) bond motifs is 1. The maximum Gasteiger partial charge on any atom is 0.252 e. The van der Waals surface area contributed by atoms with Crippen LogP contribution in [0.3, 0.4) is 0 Å². The standard InChI is InChI=1S/C25H27FN8O2/c1-14-11-32(15(2)35)25(3,4)24(36)33(14)21-8-16(6-7-19(21)26)20-9-18(17-10-29-31(5)12-17)22-23(27)28-13-30-34(20)22/h6-10,12-14H,11H2,1-5H3,(H2,27,28,30). The number of halogens is 1. The molecule has 0 aliphatic carbocycles. The summed E-state index contributed by atoms with van der Waals surface area (Å²) >= 11 is 0. The van der Waals surface area contributed by atoms with Crippen LogP contribution in [-0.2, 0) is 16.6 Å². The number of hydrogen-bond donors (Lipinski definition) is 1. The molecule has 4 heterocycles. The van der Waals surface area contributed by atoms with Gasteiger partial charge in [-0.05, 0) is 45.0 Å². The number of carbonyl (C=O) groups excluding carboxylic acids is 2. The average molecular weight is 491 g/mol. The lowest BCUT2D eigenvalue weighted by molar-refractivity contribution is -0.146. The predicted molar refractivity (Wildman–Crippen MR) is 133 cm³/mol. The Balaban J connectivity index is 1.66. The third kappa shape index (κ3) is 3.50. The lowest BCUT2D eigenvalue weighted by Crippen LogP contribution is -2.67. The van der Waals surface area contributed by atoms with Crippen LogP contribution >= 0.6 is 0 Å². The number of carbonyl (C=O) groups is 2. The Morgan fingerprint density at radius 1 is 1.19 bits per heavy atom. The number of benzene rings is 1. The van der Waals surface area contributed by atoms with Gasteiger partial charge in [0.2, 0.25) is 5.91 Å². The molecular weight excluding hydrogens is 463 g/mol. The first-order valence-corrected chi connectivity index (χ1v) is 11.5. The van der Waals surface area contributed by atoms with Crippen molar-refractivity contribution < 1.29 is 14.0 Å². The predicted octanol–water partition coefficient (Wildman–Crippen LogP) is 2.88. The van der Waals surface area contributed by atoms with E-state index < -0.39 is 17.4 Å². The third-order valence-electron chi connectivity index (χ3n) is 6.78. The van der Waals surface area contributed by atoms with Gasteiger partial charge in [0.1, 0.15) is 23.2 Å². The maximum atomic E-state index is 15.2. The largest absolute Gasteiger partial charge is 0.382 e. The monoisotopic (exact) mass is 490 g/mol. The molecule has 10 nitrogen and oxygen atoms in total. The Morgan fingerprint density at radius 3 is 2.61 bits per heavy atom. The first-order valence-electron chi connectivity index (χ1n) is 11.5. The van der Waals surface area contributed by atoms with Crippen LogP contribution in [-0.4, -0.2) is 59.2 Å². The van der Waals surface area contributed by atoms with E-state index in [1.165, 1.54) is 29.1 Å². The van der Waals surface area contributed by atoms with Gasteiger partial charge in [-0.2, -0.15) is 10.2 Å². The van der Waals surface area contributed by atoms with E-state index in [0.29, 0.717) is 29.1 Å². The molecule has 1 aliphatic heterocycles. The molecular formula is C25H27FN8O2. The quantitative estimate of drug-likeness (QED) is 0.472. The molecule has 3 aromatic heterocycles. The number of rotatable bonds is 3. The highest BCUT2D eigenvalue weighted by atomic mass is 19.1. The molecule has 0 spiro atoms. The van der Waals surface area contributed by atoms with Crippen molar-refractivity contribution in [3.05, 3.63) is 48.8 Å². The number of nitrogens with two attached hydrogens (primary N) is 1. The fourth-order valence-corrected chi connectivity index (χ4v) is 4.96. The molecule has 2 amide bonds. The zero-order valence-corrected chi connectivity index (χ0v) is 20.7. The van der Waals surface area contributed by atoms with Crippen molar-refractivity contribution in [3.8, 4) is 22.4 Å². The van der Waals surface area contributed by atoms with E-state index >= 15 is 4.39 Å². The Bertz CT molecular complexity index is 1520. The van der Waals surface area contributed by atoms with Crippen LogP contribution in [0, 0.1) is 5.82 Å². The minimum absolute atomic E-state index is 0.140. The van der Waals surface area contributed by atoms with Crippen LogP contribution in [0.2, 0.25) is 0 Å². The van der Waals surface area contributed by atoms with Crippen molar-refractivity contribution in [2.24, 2.45) is 7.05 Å². The van der Waals surface area contributed by atoms with Crippen LogP contribution in [0.15, 0.2) is 43.0 Å². The molecule has 186 valence electrons. The highest BCUT2D eigenvalue weighted by Crippen LogP contribution is 2.38. The van der Waals surface area contributed by atoms with Gasteiger partial charge in [0.25, 0.3) is 5.91 Å². The topological polar surface area (TPSA) is 115 Å². The highest BCUT2D eigenvalue weighted by molar-refractivity contribution is 6.04. The number of piperazine rings is 1. The van der Waals surface area contributed by atoms with E-state index in [1.807, 2.05) is 19.3 Å². The molecule has 5 rings (SSSR count). The number of nitrogen functional groups attached to an aromatic ring is 1. The van der Waals surface area contributed by atoms with E-state index in [4.69, 9.17) is 5.73 Å². The summed E-state index contributed by atoms with van der Waals surface area (Å²) in [5, 5.41) is 8.65. The van der Waals surface area contributed by atoms with Crippen molar-refractivity contribution >= 4 is 28.8 Å². The summed E-state index contributed by atoms with van der Waals surface area (Å²) in [7, 11) is 1.82. The van der Waals surface area contributed by atoms with Gasteiger partial charge in [-0.25, -0.2) is 13.9 Å². The lowest BCUT2D eigenvalue weighted by Gasteiger charge is -2.48. The van der Waals surface area contributed by atoms with Crippen LogP contribution < -0.4 is 10.6 Å². The summed E-state index contributed by atoms with van der Waals surface area (Å²) in [5.74, 6) is -0.791. The zero-order chi connectivity index (χ0) is 25.9. The summed E-state index contributed by atoms with van der Waals surface area (Å²) in [4.78, 5) is 32.8. The zero-order valence-electron chi connectivity index (χ0n) is 20.7. The second-order valence-electron chi connectivity index (χ2n) is 9.63. The summed E-state index contributed by atoms with van der Waals surface area (Å²) in [5.41, 5.74) is 8.76. The van der Waals surface area contributed by atoms with Crippen LogP contribution in [0.4, 0.5) is 15.9 Å². The minimum atomic E-state index is -1.11.